The zero-order valence-electron chi connectivity index (χ0n) is 7.20. The molecule has 1 heterocycles. The number of amides is 1. The Morgan fingerprint density at radius 3 is 2.58 bits per heavy atom. The fourth-order valence-electron chi connectivity index (χ4n) is 1.37. The summed E-state index contributed by atoms with van der Waals surface area (Å²) in [5.41, 5.74) is 0. The van der Waals surface area contributed by atoms with Gasteiger partial charge < -0.3 is 10.0 Å². The molecule has 0 unspecified atom stereocenters. The molecule has 3 heteroatoms. The van der Waals surface area contributed by atoms with Gasteiger partial charge in [0.2, 0.25) is 5.91 Å². The molecule has 0 aromatic heterocycles. The molecule has 1 aliphatic heterocycles. The summed E-state index contributed by atoms with van der Waals surface area (Å²) in [7, 11) is 0. The van der Waals surface area contributed by atoms with Crippen LogP contribution in [-0.4, -0.2) is 35.6 Å². The van der Waals surface area contributed by atoms with E-state index in [0.29, 0.717) is 0 Å². The van der Waals surface area contributed by atoms with Crippen LogP contribution >= 0.6 is 0 Å². The number of carbonyl (C=O) groups is 1. The third-order valence-electron chi connectivity index (χ3n) is 2.03. The minimum atomic E-state index is -0.0560. The Balaban J connectivity index is 2.34. The first-order valence-corrected chi connectivity index (χ1v) is 4.41. The maximum atomic E-state index is 11.3. The summed E-state index contributed by atoms with van der Waals surface area (Å²) in [6.07, 6.45) is 6.38. The molecule has 1 amide bonds. The van der Waals surface area contributed by atoms with Crippen LogP contribution in [0.25, 0.3) is 0 Å². The number of aliphatic hydroxyl groups is 1. The van der Waals surface area contributed by atoms with Crippen molar-refractivity contribution < 1.29 is 9.90 Å². The summed E-state index contributed by atoms with van der Waals surface area (Å²) in [5.74, 6) is 0.0313. The molecule has 0 saturated carbocycles. The van der Waals surface area contributed by atoms with Crippen LogP contribution in [0.15, 0.2) is 12.2 Å². The molecule has 0 atom stereocenters. The summed E-state index contributed by atoms with van der Waals surface area (Å²) in [6, 6.07) is 0. The monoisotopic (exact) mass is 169 g/mol. The SMILES string of the molecule is O=C(C=CCO)N1CCCCC1. The Bertz CT molecular complexity index is 171. The molecule has 1 N–H and O–H groups in total. The van der Waals surface area contributed by atoms with Crippen molar-refractivity contribution >= 4 is 5.91 Å². The standard InChI is InChI=1S/C9H15NO2/c11-8-4-5-9(12)10-6-2-1-3-7-10/h4-5,11H,1-3,6-8H2. The molecule has 0 bridgehead atoms. The Hall–Kier alpha value is -0.830. The minimum absolute atomic E-state index is 0.0313. The molecule has 1 saturated heterocycles. The largest absolute Gasteiger partial charge is 0.392 e. The molecule has 0 spiro atoms. The van der Waals surface area contributed by atoms with Crippen molar-refractivity contribution in [3.8, 4) is 0 Å². The smallest absolute Gasteiger partial charge is 0.246 e. The van der Waals surface area contributed by atoms with Gasteiger partial charge in [-0.15, -0.1) is 0 Å². The first-order chi connectivity index (χ1) is 5.84. The highest BCUT2D eigenvalue weighted by Gasteiger charge is 2.12. The number of hydrogen-bond acceptors (Lipinski definition) is 2. The van der Waals surface area contributed by atoms with Gasteiger partial charge in [0.15, 0.2) is 0 Å². The first kappa shape index (κ1) is 9.26. The Morgan fingerprint density at radius 1 is 1.33 bits per heavy atom. The summed E-state index contributed by atoms with van der Waals surface area (Å²) in [6.45, 7) is 1.68. The van der Waals surface area contributed by atoms with Crippen molar-refractivity contribution in [1.29, 1.82) is 0 Å². The van der Waals surface area contributed by atoms with Gasteiger partial charge in [-0.2, -0.15) is 0 Å². The van der Waals surface area contributed by atoms with Crippen LogP contribution in [0, 0.1) is 0 Å². The second kappa shape index (κ2) is 4.93. The fourth-order valence-corrected chi connectivity index (χ4v) is 1.37. The highest BCUT2D eigenvalue weighted by molar-refractivity contribution is 5.87. The molecule has 12 heavy (non-hydrogen) atoms. The average molecular weight is 169 g/mol. The van der Waals surface area contributed by atoms with Crippen LogP contribution in [0.2, 0.25) is 0 Å². The van der Waals surface area contributed by atoms with Gasteiger partial charge in [0.1, 0.15) is 0 Å². The third kappa shape index (κ3) is 2.66. The summed E-state index contributed by atoms with van der Waals surface area (Å²) >= 11 is 0. The number of likely N-dealkylation sites (tertiary alicyclic amines) is 1. The second-order valence-corrected chi connectivity index (χ2v) is 2.97. The maximum absolute atomic E-state index is 11.3. The number of rotatable bonds is 2. The minimum Gasteiger partial charge on any atom is -0.392 e. The number of hydrogen-bond donors (Lipinski definition) is 1. The van der Waals surface area contributed by atoms with E-state index in [9.17, 15) is 4.79 Å². The van der Waals surface area contributed by atoms with Gasteiger partial charge in [0.05, 0.1) is 6.61 Å². The molecule has 1 rings (SSSR count). The molecule has 0 aromatic rings. The predicted molar refractivity (Wildman–Crippen MR) is 46.7 cm³/mol. The highest BCUT2D eigenvalue weighted by Crippen LogP contribution is 2.08. The van der Waals surface area contributed by atoms with E-state index in [4.69, 9.17) is 5.11 Å². The van der Waals surface area contributed by atoms with Crippen molar-refractivity contribution in [3.63, 3.8) is 0 Å². The van der Waals surface area contributed by atoms with Crippen LogP contribution in [0.3, 0.4) is 0 Å². The van der Waals surface area contributed by atoms with E-state index >= 15 is 0 Å². The van der Waals surface area contributed by atoms with Gasteiger partial charge in [-0.25, -0.2) is 0 Å². The normalized spacial score (nSPS) is 18.6. The molecule has 1 aliphatic rings. The van der Waals surface area contributed by atoms with Gasteiger partial charge in [-0.3, -0.25) is 4.79 Å². The Morgan fingerprint density at radius 2 is 2.00 bits per heavy atom. The summed E-state index contributed by atoms with van der Waals surface area (Å²) in [5, 5.41) is 8.46. The predicted octanol–water partition coefficient (Wildman–Crippen LogP) is 0.547. The van der Waals surface area contributed by atoms with E-state index < -0.39 is 0 Å². The van der Waals surface area contributed by atoms with Crippen molar-refractivity contribution in [2.45, 2.75) is 19.3 Å². The third-order valence-corrected chi connectivity index (χ3v) is 2.03. The second-order valence-electron chi connectivity index (χ2n) is 2.97. The summed E-state index contributed by atoms with van der Waals surface area (Å²) in [4.78, 5) is 13.1. The van der Waals surface area contributed by atoms with Crippen LogP contribution in [0.5, 0.6) is 0 Å². The molecule has 0 radical (unpaired) electrons. The molecular formula is C9H15NO2. The van der Waals surface area contributed by atoms with Gasteiger partial charge in [0.25, 0.3) is 0 Å². The number of piperidine rings is 1. The van der Waals surface area contributed by atoms with E-state index in [1.54, 1.807) is 0 Å². The lowest BCUT2D eigenvalue weighted by Crippen LogP contribution is -2.34. The molecule has 3 nitrogen and oxygen atoms in total. The zero-order chi connectivity index (χ0) is 8.81. The van der Waals surface area contributed by atoms with Crippen molar-refractivity contribution in [3.05, 3.63) is 12.2 Å². The van der Waals surface area contributed by atoms with Crippen molar-refractivity contribution in [1.82, 2.24) is 4.90 Å². The quantitative estimate of drug-likeness (QED) is 0.613. The fraction of sp³-hybridized carbons (Fsp3) is 0.667. The van der Waals surface area contributed by atoms with E-state index in [1.807, 2.05) is 4.90 Å². The molecule has 1 fully saturated rings. The van der Waals surface area contributed by atoms with Crippen LogP contribution in [0.4, 0.5) is 0 Å². The summed E-state index contributed by atoms with van der Waals surface area (Å²) < 4.78 is 0. The number of nitrogens with zero attached hydrogens (tertiary/aromatic N) is 1. The number of carbonyl (C=O) groups excluding carboxylic acids is 1. The van der Waals surface area contributed by atoms with Crippen LogP contribution in [-0.2, 0) is 4.79 Å². The van der Waals surface area contributed by atoms with E-state index in [2.05, 4.69) is 0 Å². The van der Waals surface area contributed by atoms with Gasteiger partial charge >= 0.3 is 0 Å². The van der Waals surface area contributed by atoms with Gasteiger partial charge in [-0.1, -0.05) is 6.08 Å². The van der Waals surface area contributed by atoms with Crippen LogP contribution < -0.4 is 0 Å². The molecule has 0 aromatic carbocycles. The van der Waals surface area contributed by atoms with Gasteiger partial charge in [-0.05, 0) is 19.3 Å². The molecular weight excluding hydrogens is 154 g/mol. The lowest BCUT2D eigenvalue weighted by Gasteiger charge is -2.25. The highest BCUT2D eigenvalue weighted by atomic mass is 16.2. The number of aliphatic hydroxyl groups excluding tert-OH is 1. The van der Waals surface area contributed by atoms with Crippen molar-refractivity contribution in [2.24, 2.45) is 0 Å². The van der Waals surface area contributed by atoms with Crippen molar-refractivity contribution in [2.75, 3.05) is 19.7 Å². The van der Waals surface area contributed by atoms with Gasteiger partial charge in [0, 0.05) is 19.2 Å². The average Bonchev–Trinajstić information content (AvgIpc) is 2.15. The Labute approximate surface area is 72.7 Å². The topological polar surface area (TPSA) is 40.5 Å². The van der Waals surface area contributed by atoms with E-state index in [1.165, 1.54) is 18.6 Å². The lowest BCUT2D eigenvalue weighted by molar-refractivity contribution is -0.126. The zero-order valence-corrected chi connectivity index (χ0v) is 7.20. The maximum Gasteiger partial charge on any atom is 0.246 e. The molecule has 68 valence electrons. The molecule has 0 aliphatic carbocycles. The van der Waals surface area contributed by atoms with E-state index in [-0.39, 0.29) is 12.5 Å². The lowest BCUT2D eigenvalue weighted by atomic mass is 10.1. The Kier molecular flexibility index (Phi) is 3.80. The van der Waals surface area contributed by atoms with E-state index in [0.717, 1.165) is 25.9 Å². The van der Waals surface area contributed by atoms with Crippen LogP contribution in [0.1, 0.15) is 19.3 Å². The first-order valence-electron chi connectivity index (χ1n) is 4.41.